The predicted molar refractivity (Wildman–Crippen MR) is 62.7 cm³/mol. The van der Waals surface area contributed by atoms with Gasteiger partial charge in [-0.05, 0) is 38.0 Å². The first-order chi connectivity index (χ1) is 7.49. The van der Waals surface area contributed by atoms with Crippen molar-refractivity contribution in [3.8, 4) is 0 Å². The molecular weight excluding hydrogens is 207 g/mol. The van der Waals surface area contributed by atoms with Crippen LogP contribution < -0.4 is 11.1 Å². The van der Waals surface area contributed by atoms with E-state index in [2.05, 4.69) is 5.32 Å². The van der Waals surface area contributed by atoms with Gasteiger partial charge in [0.05, 0.1) is 0 Å². The highest BCUT2D eigenvalue weighted by Crippen LogP contribution is 2.13. The topological polar surface area (TPSA) is 55.1 Å². The molecule has 1 amide bonds. The van der Waals surface area contributed by atoms with Crippen LogP contribution >= 0.6 is 0 Å². The van der Waals surface area contributed by atoms with Gasteiger partial charge in [0.25, 0.3) is 0 Å². The Kier molecular flexibility index (Phi) is 4.43. The fourth-order valence-electron chi connectivity index (χ4n) is 1.25. The summed E-state index contributed by atoms with van der Waals surface area (Å²) in [5.74, 6) is -0.453. The molecule has 1 atom stereocenters. The lowest BCUT2D eigenvalue weighted by Crippen LogP contribution is -2.19. The van der Waals surface area contributed by atoms with E-state index < -0.39 is 0 Å². The van der Waals surface area contributed by atoms with E-state index in [1.807, 2.05) is 6.92 Å². The van der Waals surface area contributed by atoms with E-state index in [0.717, 1.165) is 0 Å². The summed E-state index contributed by atoms with van der Waals surface area (Å²) in [5.41, 5.74) is 6.59. The fraction of sp³-hybridized carbons (Fsp3) is 0.417. The number of anilines is 1. The third kappa shape index (κ3) is 3.98. The lowest BCUT2D eigenvalue weighted by molar-refractivity contribution is -0.116. The van der Waals surface area contributed by atoms with E-state index in [1.165, 1.54) is 6.07 Å². The summed E-state index contributed by atoms with van der Waals surface area (Å²) < 4.78 is 13.2. The van der Waals surface area contributed by atoms with Gasteiger partial charge in [0.15, 0.2) is 0 Å². The van der Waals surface area contributed by atoms with E-state index in [0.29, 0.717) is 24.1 Å². The van der Waals surface area contributed by atoms with Crippen LogP contribution in [0.2, 0.25) is 0 Å². The van der Waals surface area contributed by atoms with Crippen molar-refractivity contribution in [2.75, 3.05) is 5.32 Å². The Hall–Kier alpha value is -1.42. The minimum atomic E-state index is -0.315. The average molecular weight is 224 g/mol. The Bertz CT molecular complexity index is 377. The number of carbonyl (C=O) groups is 1. The van der Waals surface area contributed by atoms with Gasteiger partial charge >= 0.3 is 0 Å². The number of aryl methyl sites for hydroxylation is 1. The SMILES string of the molecule is Cc1ccc(NC(=O)CCC(C)N)cc1F. The molecule has 0 aliphatic rings. The zero-order valence-electron chi connectivity index (χ0n) is 9.59. The van der Waals surface area contributed by atoms with Crippen molar-refractivity contribution in [1.82, 2.24) is 0 Å². The molecule has 0 bridgehead atoms. The van der Waals surface area contributed by atoms with Gasteiger partial charge in [-0.1, -0.05) is 6.07 Å². The molecule has 0 aromatic heterocycles. The number of hydrogen-bond donors (Lipinski definition) is 2. The van der Waals surface area contributed by atoms with Crippen LogP contribution in [0.1, 0.15) is 25.3 Å². The highest BCUT2D eigenvalue weighted by molar-refractivity contribution is 5.90. The van der Waals surface area contributed by atoms with Crippen molar-refractivity contribution in [3.05, 3.63) is 29.6 Å². The van der Waals surface area contributed by atoms with Crippen LogP contribution in [-0.2, 0) is 4.79 Å². The van der Waals surface area contributed by atoms with Gasteiger partial charge < -0.3 is 11.1 Å². The van der Waals surface area contributed by atoms with Crippen LogP contribution in [0.25, 0.3) is 0 Å². The Balaban J connectivity index is 2.53. The number of nitrogens with one attached hydrogen (secondary N) is 1. The van der Waals surface area contributed by atoms with Gasteiger partial charge in [0.1, 0.15) is 5.82 Å². The fourth-order valence-corrected chi connectivity index (χ4v) is 1.25. The van der Waals surface area contributed by atoms with Crippen LogP contribution in [0, 0.1) is 12.7 Å². The lowest BCUT2D eigenvalue weighted by atomic mass is 10.2. The van der Waals surface area contributed by atoms with E-state index in [4.69, 9.17) is 5.73 Å². The molecule has 1 aromatic carbocycles. The molecule has 4 heteroatoms. The second kappa shape index (κ2) is 5.61. The zero-order valence-corrected chi connectivity index (χ0v) is 9.59. The summed E-state index contributed by atoms with van der Waals surface area (Å²) in [6.07, 6.45) is 0.980. The Morgan fingerprint density at radius 3 is 2.81 bits per heavy atom. The molecule has 88 valence electrons. The lowest BCUT2D eigenvalue weighted by Gasteiger charge is -2.07. The summed E-state index contributed by atoms with van der Waals surface area (Å²) in [4.78, 5) is 11.4. The molecule has 0 radical (unpaired) electrons. The van der Waals surface area contributed by atoms with Crippen molar-refractivity contribution in [1.29, 1.82) is 0 Å². The van der Waals surface area contributed by atoms with Gasteiger partial charge in [0, 0.05) is 18.2 Å². The van der Waals surface area contributed by atoms with E-state index in [-0.39, 0.29) is 17.8 Å². The normalized spacial score (nSPS) is 12.2. The van der Waals surface area contributed by atoms with Gasteiger partial charge in [-0.15, -0.1) is 0 Å². The molecule has 0 fully saturated rings. The molecule has 0 heterocycles. The van der Waals surface area contributed by atoms with Crippen LogP contribution in [0.3, 0.4) is 0 Å². The third-order valence-electron chi connectivity index (χ3n) is 2.28. The number of amides is 1. The minimum absolute atomic E-state index is 0.000467. The van der Waals surface area contributed by atoms with Crippen molar-refractivity contribution >= 4 is 11.6 Å². The van der Waals surface area contributed by atoms with E-state index >= 15 is 0 Å². The number of nitrogens with two attached hydrogens (primary N) is 1. The molecule has 0 saturated carbocycles. The van der Waals surface area contributed by atoms with Crippen LogP contribution in [-0.4, -0.2) is 11.9 Å². The van der Waals surface area contributed by atoms with E-state index in [1.54, 1.807) is 19.1 Å². The molecule has 0 saturated heterocycles. The van der Waals surface area contributed by atoms with Crippen LogP contribution in [0.5, 0.6) is 0 Å². The number of rotatable bonds is 4. The highest BCUT2D eigenvalue weighted by Gasteiger charge is 2.05. The van der Waals surface area contributed by atoms with E-state index in [9.17, 15) is 9.18 Å². The van der Waals surface area contributed by atoms with Gasteiger partial charge in [0.2, 0.25) is 5.91 Å². The maximum Gasteiger partial charge on any atom is 0.224 e. The molecule has 1 unspecified atom stereocenters. The molecule has 3 N–H and O–H groups in total. The molecule has 0 aliphatic carbocycles. The number of benzene rings is 1. The summed E-state index contributed by atoms with van der Waals surface area (Å²) in [7, 11) is 0. The number of hydrogen-bond acceptors (Lipinski definition) is 2. The first kappa shape index (κ1) is 12.6. The quantitative estimate of drug-likeness (QED) is 0.823. The smallest absolute Gasteiger partial charge is 0.224 e. The van der Waals surface area contributed by atoms with Gasteiger partial charge in [-0.25, -0.2) is 4.39 Å². The molecule has 0 aliphatic heterocycles. The molecule has 1 aromatic rings. The van der Waals surface area contributed by atoms with Crippen LogP contribution in [0.15, 0.2) is 18.2 Å². The third-order valence-corrected chi connectivity index (χ3v) is 2.28. The summed E-state index contributed by atoms with van der Waals surface area (Å²) >= 11 is 0. The Morgan fingerprint density at radius 1 is 1.56 bits per heavy atom. The first-order valence-corrected chi connectivity index (χ1v) is 5.30. The summed E-state index contributed by atoms with van der Waals surface area (Å²) in [5, 5.41) is 2.63. The van der Waals surface area contributed by atoms with Crippen molar-refractivity contribution < 1.29 is 9.18 Å². The molecule has 16 heavy (non-hydrogen) atoms. The highest BCUT2D eigenvalue weighted by atomic mass is 19.1. The maximum absolute atomic E-state index is 13.2. The second-order valence-electron chi connectivity index (χ2n) is 4.03. The second-order valence-corrected chi connectivity index (χ2v) is 4.03. The van der Waals surface area contributed by atoms with Crippen molar-refractivity contribution in [3.63, 3.8) is 0 Å². The summed E-state index contributed by atoms with van der Waals surface area (Å²) in [6, 6.07) is 4.64. The maximum atomic E-state index is 13.2. The van der Waals surface area contributed by atoms with Crippen molar-refractivity contribution in [2.45, 2.75) is 32.7 Å². The van der Waals surface area contributed by atoms with Gasteiger partial charge in [-0.2, -0.15) is 0 Å². The monoisotopic (exact) mass is 224 g/mol. The first-order valence-electron chi connectivity index (χ1n) is 5.30. The Morgan fingerprint density at radius 2 is 2.25 bits per heavy atom. The standard InChI is InChI=1S/C12H17FN2O/c1-8-3-5-10(7-11(8)13)15-12(16)6-4-9(2)14/h3,5,7,9H,4,6,14H2,1-2H3,(H,15,16). The van der Waals surface area contributed by atoms with Gasteiger partial charge in [-0.3, -0.25) is 4.79 Å². The zero-order chi connectivity index (χ0) is 12.1. The molecule has 1 rings (SSSR count). The molecule has 0 spiro atoms. The van der Waals surface area contributed by atoms with Crippen molar-refractivity contribution in [2.24, 2.45) is 5.73 Å². The largest absolute Gasteiger partial charge is 0.328 e. The molecular formula is C12H17FN2O. The predicted octanol–water partition coefficient (Wildman–Crippen LogP) is 2.20. The van der Waals surface area contributed by atoms with Crippen LogP contribution in [0.4, 0.5) is 10.1 Å². The number of halogens is 1. The average Bonchev–Trinajstić information content (AvgIpc) is 2.21. The summed E-state index contributed by atoms with van der Waals surface area (Å²) in [6.45, 7) is 3.52. The minimum Gasteiger partial charge on any atom is -0.328 e. The molecule has 3 nitrogen and oxygen atoms in total. The number of carbonyl (C=O) groups excluding carboxylic acids is 1. The Labute approximate surface area is 94.8 Å².